The van der Waals surface area contributed by atoms with Crippen LogP contribution in [0.25, 0.3) is 5.57 Å². The van der Waals surface area contributed by atoms with Gasteiger partial charge in [-0.2, -0.15) is 10.5 Å². The molecule has 0 amide bonds. The van der Waals surface area contributed by atoms with Crippen molar-refractivity contribution in [3.05, 3.63) is 41.5 Å². The van der Waals surface area contributed by atoms with Gasteiger partial charge in [0.25, 0.3) is 0 Å². The predicted molar refractivity (Wildman–Crippen MR) is 55.0 cm³/mol. The first-order chi connectivity index (χ1) is 6.79. The zero-order chi connectivity index (χ0) is 10.4. The van der Waals surface area contributed by atoms with Gasteiger partial charge in [0.1, 0.15) is 0 Å². The number of nitrogens with zero attached hydrogens (tertiary/aromatic N) is 2. The van der Waals surface area contributed by atoms with Gasteiger partial charge in [0.2, 0.25) is 0 Å². The van der Waals surface area contributed by atoms with Crippen molar-refractivity contribution in [3.63, 3.8) is 0 Å². The standard InChI is InChI=1S/C12H10N2/c1-10-5-2-3-7-12(10)11(9-14)6-4-8-13/h2-3,5-7H,4H2,1H3/b11-6-. The number of aryl methyl sites for hydroxylation is 1. The van der Waals surface area contributed by atoms with Crippen LogP contribution in [-0.2, 0) is 0 Å². The maximum Gasteiger partial charge on any atom is 0.0995 e. The summed E-state index contributed by atoms with van der Waals surface area (Å²) in [5, 5.41) is 17.3. The van der Waals surface area contributed by atoms with Crippen LogP contribution in [0.15, 0.2) is 30.3 Å². The molecule has 68 valence electrons. The van der Waals surface area contributed by atoms with E-state index < -0.39 is 0 Å². The van der Waals surface area contributed by atoms with Gasteiger partial charge in [-0.05, 0) is 18.1 Å². The average molecular weight is 182 g/mol. The van der Waals surface area contributed by atoms with Crippen LogP contribution in [0.3, 0.4) is 0 Å². The van der Waals surface area contributed by atoms with Crippen molar-refractivity contribution in [2.45, 2.75) is 13.3 Å². The monoisotopic (exact) mass is 182 g/mol. The van der Waals surface area contributed by atoms with E-state index >= 15 is 0 Å². The molecule has 0 heterocycles. The number of rotatable bonds is 2. The van der Waals surface area contributed by atoms with Crippen molar-refractivity contribution in [1.29, 1.82) is 10.5 Å². The highest BCUT2D eigenvalue weighted by Gasteiger charge is 2.02. The Morgan fingerprint density at radius 3 is 2.64 bits per heavy atom. The Kier molecular flexibility index (Phi) is 3.47. The van der Waals surface area contributed by atoms with Crippen LogP contribution in [0, 0.1) is 29.6 Å². The quantitative estimate of drug-likeness (QED) is 0.660. The first-order valence-corrected chi connectivity index (χ1v) is 4.33. The van der Waals surface area contributed by atoms with Gasteiger partial charge in [-0.25, -0.2) is 0 Å². The van der Waals surface area contributed by atoms with Gasteiger partial charge in [-0.15, -0.1) is 0 Å². The SMILES string of the molecule is Cc1ccccc1/C(C#N)=C\CC#N. The molecule has 0 saturated carbocycles. The van der Waals surface area contributed by atoms with E-state index in [0.717, 1.165) is 11.1 Å². The summed E-state index contributed by atoms with van der Waals surface area (Å²) < 4.78 is 0. The van der Waals surface area contributed by atoms with Crippen molar-refractivity contribution in [1.82, 2.24) is 0 Å². The molecule has 0 radical (unpaired) electrons. The maximum absolute atomic E-state index is 8.90. The van der Waals surface area contributed by atoms with Crippen LogP contribution in [0.2, 0.25) is 0 Å². The molecule has 14 heavy (non-hydrogen) atoms. The molecular weight excluding hydrogens is 172 g/mol. The van der Waals surface area contributed by atoms with Crippen molar-refractivity contribution >= 4 is 5.57 Å². The zero-order valence-electron chi connectivity index (χ0n) is 7.99. The Hall–Kier alpha value is -2.06. The highest BCUT2D eigenvalue weighted by atomic mass is 14.3. The molecule has 0 N–H and O–H groups in total. The number of hydrogen-bond acceptors (Lipinski definition) is 2. The summed E-state index contributed by atoms with van der Waals surface area (Å²) in [6.45, 7) is 1.95. The fourth-order valence-electron chi connectivity index (χ4n) is 1.24. The van der Waals surface area contributed by atoms with Crippen molar-refractivity contribution in [2.24, 2.45) is 0 Å². The maximum atomic E-state index is 8.90. The van der Waals surface area contributed by atoms with Gasteiger partial charge in [0, 0.05) is 0 Å². The van der Waals surface area contributed by atoms with Crippen LogP contribution in [0.4, 0.5) is 0 Å². The summed E-state index contributed by atoms with van der Waals surface area (Å²) >= 11 is 0. The summed E-state index contributed by atoms with van der Waals surface area (Å²) in [4.78, 5) is 0. The molecule has 0 aliphatic rings. The van der Waals surface area contributed by atoms with Crippen molar-refractivity contribution in [3.8, 4) is 12.1 Å². The molecule has 0 aromatic heterocycles. The summed E-state index contributed by atoms with van der Waals surface area (Å²) in [5.74, 6) is 0. The van der Waals surface area contributed by atoms with E-state index in [0.29, 0.717) is 5.57 Å². The third-order valence-corrected chi connectivity index (χ3v) is 1.95. The van der Waals surface area contributed by atoms with Crippen LogP contribution in [0.1, 0.15) is 17.5 Å². The number of benzene rings is 1. The minimum Gasteiger partial charge on any atom is -0.198 e. The fourth-order valence-corrected chi connectivity index (χ4v) is 1.24. The van der Waals surface area contributed by atoms with Gasteiger partial charge < -0.3 is 0 Å². The average Bonchev–Trinajstić information content (AvgIpc) is 2.21. The first kappa shape index (κ1) is 10.0. The van der Waals surface area contributed by atoms with Gasteiger partial charge in [-0.1, -0.05) is 30.3 Å². The third-order valence-electron chi connectivity index (χ3n) is 1.95. The molecule has 0 aliphatic heterocycles. The molecule has 0 fully saturated rings. The van der Waals surface area contributed by atoms with Crippen LogP contribution < -0.4 is 0 Å². The molecule has 1 rings (SSSR count). The van der Waals surface area contributed by atoms with Crippen LogP contribution in [0.5, 0.6) is 0 Å². The molecule has 0 atom stereocenters. The van der Waals surface area contributed by atoms with E-state index in [2.05, 4.69) is 6.07 Å². The van der Waals surface area contributed by atoms with Gasteiger partial charge in [0.15, 0.2) is 0 Å². The molecular formula is C12H10N2. The molecule has 0 bridgehead atoms. The van der Waals surface area contributed by atoms with Crippen molar-refractivity contribution in [2.75, 3.05) is 0 Å². The normalized spacial score (nSPS) is 10.4. The van der Waals surface area contributed by atoms with Gasteiger partial charge >= 0.3 is 0 Å². The van der Waals surface area contributed by atoms with E-state index in [1.54, 1.807) is 6.08 Å². The van der Waals surface area contributed by atoms with Gasteiger partial charge in [-0.3, -0.25) is 0 Å². The molecule has 0 spiro atoms. The second-order valence-corrected chi connectivity index (χ2v) is 2.91. The Bertz CT molecular complexity index is 430. The summed E-state index contributed by atoms with van der Waals surface area (Å²) in [5.41, 5.74) is 2.54. The van der Waals surface area contributed by atoms with E-state index in [9.17, 15) is 0 Å². The van der Waals surface area contributed by atoms with Crippen LogP contribution in [-0.4, -0.2) is 0 Å². The summed E-state index contributed by atoms with van der Waals surface area (Å²) in [7, 11) is 0. The zero-order valence-corrected chi connectivity index (χ0v) is 7.99. The largest absolute Gasteiger partial charge is 0.198 e. The second-order valence-electron chi connectivity index (χ2n) is 2.91. The minimum atomic E-state index is 0.275. The number of allylic oxidation sites excluding steroid dienone is 2. The Morgan fingerprint density at radius 2 is 2.07 bits per heavy atom. The molecule has 0 aliphatic carbocycles. The summed E-state index contributed by atoms with van der Waals surface area (Å²) in [6, 6.07) is 11.8. The number of hydrogen-bond donors (Lipinski definition) is 0. The second kappa shape index (κ2) is 4.84. The Labute approximate surface area is 83.7 Å². The minimum absolute atomic E-state index is 0.275. The van der Waals surface area contributed by atoms with E-state index in [-0.39, 0.29) is 6.42 Å². The first-order valence-electron chi connectivity index (χ1n) is 4.33. The van der Waals surface area contributed by atoms with E-state index in [1.807, 2.05) is 37.3 Å². The molecule has 0 unspecified atom stereocenters. The third kappa shape index (κ3) is 2.21. The smallest absolute Gasteiger partial charge is 0.0995 e. The highest BCUT2D eigenvalue weighted by molar-refractivity contribution is 5.78. The molecule has 1 aromatic carbocycles. The molecule has 2 heteroatoms. The Morgan fingerprint density at radius 1 is 1.36 bits per heavy atom. The van der Waals surface area contributed by atoms with Crippen LogP contribution >= 0.6 is 0 Å². The topological polar surface area (TPSA) is 47.6 Å². The molecule has 1 aromatic rings. The lowest BCUT2D eigenvalue weighted by Gasteiger charge is -2.02. The van der Waals surface area contributed by atoms with Gasteiger partial charge in [0.05, 0.1) is 24.1 Å². The summed E-state index contributed by atoms with van der Waals surface area (Å²) in [6.07, 6.45) is 1.93. The lowest BCUT2D eigenvalue weighted by molar-refractivity contribution is 1.34. The van der Waals surface area contributed by atoms with E-state index in [4.69, 9.17) is 10.5 Å². The molecule has 2 nitrogen and oxygen atoms in total. The number of nitriles is 2. The highest BCUT2D eigenvalue weighted by Crippen LogP contribution is 2.17. The van der Waals surface area contributed by atoms with Crippen molar-refractivity contribution < 1.29 is 0 Å². The molecule has 0 saturated heterocycles. The van der Waals surface area contributed by atoms with E-state index in [1.165, 1.54) is 0 Å². The Balaban J connectivity index is 3.10. The lowest BCUT2D eigenvalue weighted by Crippen LogP contribution is -1.85. The lowest BCUT2D eigenvalue weighted by atomic mass is 10.0. The predicted octanol–water partition coefficient (Wildman–Crippen LogP) is 2.82. The fraction of sp³-hybridized carbons (Fsp3) is 0.167.